The molecule has 0 unspecified atom stereocenters. The largest absolute Gasteiger partial charge is 0.445 e. The summed E-state index contributed by atoms with van der Waals surface area (Å²) in [6, 6.07) is 6.47. The standard InChI is InChI=1S/C10H8N2O3S2/c1-7-2-3-9(15-7)12-17(13,14)10-8(6-11)4-5-16-10/h2-5,12H,1H3. The van der Waals surface area contributed by atoms with Crippen molar-refractivity contribution in [1.82, 2.24) is 0 Å². The number of nitrogens with one attached hydrogen (secondary N) is 1. The molecule has 2 rings (SSSR count). The predicted octanol–water partition coefficient (Wildman–Crippen LogP) is 2.32. The van der Waals surface area contributed by atoms with Crippen LogP contribution in [0.4, 0.5) is 5.88 Å². The first-order valence-corrected chi connectivity index (χ1v) is 6.96. The van der Waals surface area contributed by atoms with Gasteiger partial charge in [-0.1, -0.05) is 0 Å². The van der Waals surface area contributed by atoms with Crippen LogP contribution in [0.2, 0.25) is 0 Å². The molecule has 0 aliphatic carbocycles. The summed E-state index contributed by atoms with van der Waals surface area (Å²) in [6.07, 6.45) is 0. The van der Waals surface area contributed by atoms with E-state index >= 15 is 0 Å². The summed E-state index contributed by atoms with van der Waals surface area (Å²) >= 11 is 0.992. The molecule has 0 fully saturated rings. The smallest absolute Gasteiger partial charge is 0.275 e. The molecule has 7 heteroatoms. The monoisotopic (exact) mass is 268 g/mol. The molecule has 0 bridgehead atoms. The summed E-state index contributed by atoms with van der Waals surface area (Å²) < 4.78 is 31.3. The molecule has 0 aromatic carbocycles. The van der Waals surface area contributed by atoms with E-state index < -0.39 is 10.0 Å². The predicted molar refractivity (Wildman–Crippen MR) is 63.3 cm³/mol. The van der Waals surface area contributed by atoms with E-state index in [1.807, 2.05) is 6.07 Å². The van der Waals surface area contributed by atoms with E-state index in [-0.39, 0.29) is 15.7 Å². The molecule has 2 aromatic heterocycles. The minimum Gasteiger partial charge on any atom is -0.445 e. The molecule has 5 nitrogen and oxygen atoms in total. The lowest BCUT2D eigenvalue weighted by molar-refractivity contribution is 0.549. The average Bonchev–Trinajstić information content (AvgIpc) is 2.86. The number of furan rings is 1. The lowest BCUT2D eigenvalue weighted by atomic mass is 10.4. The van der Waals surface area contributed by atoms with E-state index in [1.54, 1.807) is 18.4 Å². The van der Waals surface area contributed by atoms with Gasteiger partial charge in [0.05, 0.1) is 5.56 Å². The second kappa shape index (κ2) is 4.24. The lowest BCUT2D eigenvalue weighted by Crippen LogP contribution is -2.12. The van der Waals surface area contributed by atoms with Crippen LogP contribution in [0, 0.1) is 18.3 Å². The Bertz CT molecular complexity index is 676. The Balaban J connectivity index is 2.35. The van der Waals surface area contributed by atoms with Crippen molar-refractivity contribution in [3.8, 4) is 6.07 Å². The third kappa shape index (κ3) is 2.33. The molecule has 0 saturated carbocycles. The number of rotatable bonds is 3. The van der Waals surface area contributed by atoms with E-state index in [4.69, 9.17) is 9.68 Å². The molecule has 0 aliphatic heterocycles. The minimum atomic E-state index is -3.75. The topological polar surface area (TPSA) is 83.1 Å². The van der Waals surface area contributed by atoms with Crippen LogP contribution in [0.15, 0.2) is 32.2 Å². The Hall–Kier alpha value is -1.78. The van der Waals surface area contributed by atoms with Gasteiger partial charge in [-0.3, -0.25) is 0 Å². The van der Waals surface area contributed by atoms with Gasteiger partial charge in [0.1, 0.15) is 11.8 Å². The highest BCUT2D eigenvalue weighted by Gasteiger charge is 2.21. The summed E-state index contributed by atoms with van der Waals surface area (Å²) in [5, 5.41) is 10.3. The van der Waals surface area contributed by atoms with Crippen LogP contribution in [0.5, 0.6) is 0 Å². The fourth-order valence-electron chi connectivity index (χ4n) is 1.25. The number of anilines is 1. The fourth-order valence-corrected chi connectivity index (χ4v) is 3.49. The highest BCUT2D eigenvalue weighted by Crippen LogP contribution is 2.25. The van der Waals surface area contributed by atoms with E-state index in [0.29, 0.717) is 5.76 Å². The average molecular weight is 268 g/mol. The molecule has 0 atom stereocenters. The van der Waals surface area contributed by atoms with Crippen molar-refractivity contribution in [2.24, 2.45) is 0 Å². The number of hydrogen-bond acceptors (Lipinski definition) is 5. The first-order valence-electron chi connectivity index (χ1n) is 4.60. The zero-order valence-electron chi connectivity index (χ0n) is 8.80. The Morgan fingerprint density at radius 3 is 2.76 bits per heavy atom. The molecule has 0 spiro atoms. The third-order valence-corrected chi connectivity index (χ3v) is 4.80. The van der Waals surface area contributed by atoms with Gasteiger partial charge < -0.3 is 4.42 Å². The number of thiophene rings is 1. The zero-order valence-corrected chi connectivity index (χ0v) is 10.4. The second-order valence-corrected chi connectivity index (χ2v) is 6.04. The second-order valence-electron chi connectivity index (χ2n) is 3.25. The van der Waals surface area contributed by atoms with Crippen LogP contribution in [0.25, 0.3) is 0 Å². The Kier molecular flexibility index (Phi) is 2.92. The molecule has 0 saturated heterocycles. The van der Waals surface area contributed by atoms with Crippen molar-refractivity contribution in [2.75, 3.05) is 4.72 Å². The van der Waals surface area contributed by atoms with Crippen LogP contribution >= 0.6 is 11.3 Å². The molecular weight excluding hydrogens is 260 g/mol. The van der Waals surface area contributed by atoms with Crippen LogP contribution in [0.1, 0.15) is 11.3 Å². The van der Waals surface area contributed by atoms with Gasteiger partial charge >= 0.3 is 0 Å². The minimum absolute atomic E-state index is 0.00551. The van der Waals surface area contributed by atoms with Gasteiger partial charge in [-0.25, -0.2) is 13.1 Å². The molecule has 0 amide bonds. The van der Waals surface area contributed by atoms with Crippen molar-refractivity contribution in [2.45, 2.75) is 11.1 Å². The van der Waals surface area contributed by atoms with Crippen molar-refractivity contribution in [3.63, 3.8) is 0 Å². The van der Waals surface area contributed by atoms with Crippen LogP contribution < -0.4 is 4.72 Å². The van der Waals surface area contributed by atoms with Crippen molar-refractivity contribution in [1.29, 1.82) is 5.26 Å². The highest BCUT2D eigenvalue weighted by molar-refractivity contribution is 7.94. The first kappa shape index (κ1) is 11.7. The SMILES string of the molecule is Cc1ccc(NS(=O)(=O)c2sccc2C#N)o1. The number of aryl methyl sites for hydroxylation is 1. The first-order chi connectivity index (χ1) is 8.03. The van der Waals surface area contributed by atoms with Crippen LogP contribution in [-0.4, -0.2) is 8.42 Å². The third-order valence-electron chi connectivity index (χ3n) is 1.97. The van der Waals surface area contributed by atoms with Crippen LogP contribution in [-0.2, 0) is 10.0 Å². The van der Waals surface area contributed by atoms with Crippen molar-refractivity contribution < 1.29 is 12.8 Å². The van der Waals surface area contributed by atoms with Gasteiger partial charge in [-0.05, 0) is 24.4 Å². The lowest BCUT2D eigenvalue weighted by Gasteiger charge is -2.02. The molecule has 17 heavy (non-hydrogen) atoms. The molecule has 2 heterocycles. The maximum Gasteiger partial charge on any atom is 0.275 e. The molecule has 2 aromatic rings. The van der Waals surface area contributed by atoms with Crippen LogP contribution in [0.3, 0.4) is 0 Å². The normalized spacial score (nSPS) is 11.1. The Morgan fingerprint density at radius 1 is 1.41 bits per heavy atom. The Labute approximate surface area is 102 Å². The molecular formula is C10H8N2O3S2. The van der Waals surface area contributed by atoms with E-state index in [0.717, 1.165) is 11.3 Å². The molecule has 0 radical (unpaired) electrons. The summed E-state index contributed by atoms with van der Waals surface area (Å²) in [5.74, 6) is 0.745. The van der Waals surface area contributed by atoms with E-state index in [9.17, 15) is 8.42 Å². The highest BCUT2D eigenvalue weighted by atomic mass is 32.2. The van der Waals surface area contributed by atoms with Gasteiger partial charge in [0.25, 0.3) is 10.0 Å². The van der Waals surface area contributed by atoms with Crippen molar-refractivity contribution >= 4 is 27.2 Å². The van der Waals surface area contributed by atoms with Gasteiger partial charge in [0, 0.05) is 6.07 Å². The number of sulfonamides is 1. The van der Waals surface area contributed by atoms with Crippen molar-refractivity contribution in [3.05, 3.63) is 34.9 Å². The van der Waals surface area contributed by atoms with E-state index in [2.05, 4.69) is 4.72 Å². The Morgan fingerprint density at radius 2 is 2.18 bits per heavy atom. The molecule has 1 N–H and O–H groups in total. The summed E-state index contributed by atoms with van der Waals surface area (Å²) in [7, 11) is -3.75. The summed E-state index contributed by atoms with van der Waals surface area (Å²) in [6.45, 7) is 1.71. The number of nitrogens with zero attached hydrogens (tertiary/aromatic N) is 1. The molecule has 0 aliphatic rings. The summed E-state index contributed by atoms with van der Waals surface area (Å²) in [4.78, 5) is 0. The maximum absolute atomic E-state index is 11.9. The maximum atomic E-state index is 11.9. The van der Waals surface area contributed by atoms with E-state index in [1.165, 1.54) is 12.1 Å². The van der Waals surface area contributed by atoms with Gasteiger partial charge in [-0.15, -0.1) is 11.3 Å². The van der Waals surface area contributed by atoms with Gasteiger partial charge in [-0.2, -0.15) is 5.26 Å². The molecule has 88 valence electrons. The zero-order chi connectivity index (χ0) is 12.5. The van der Waals surface area contributed by atoms with Gasteiger partial charge in [0.2, 0.25) is 5.88 Å². The quantitative estimate of drug-likeness (QED) is 0.926. The number of nitriles is 1. The number of hydrogen-bond donors (Lipinski definition) is 1. The summed E-state index contributed by atoms with van der Waals surface area (Å²) in [5.41, 5.74) is 0.130. The van der Waals surface area contributed by atoms with Gasteiger partial charge in [0.15, 0.2) is 4.21 Å². The fraction of sp³-hybridized carbons (Fsp3) is 0.100.